The Bertz CT molecular complexity index is 678. The Morgan fingerprint density at radius 3 is 2.24 bits per heavy atom. The van der Waals surface area contributed by atoms with Crippen LogP contribution in [0.2, 0.25) is 0 Å². The molecule has 1 heterocycles. The van der Waals surface area contributed by atoms with Crippen molar-refractivity contribution >= 4 is 11.6 Å². The van der Waals surface area contributed by atoms with Crippen molar-refractivity contribution in [3.05, 3.63) is 65.5 Å². The maximum Gasteiger partial charge on any atom is 0.196 e. The molecule has 108 valence electrons. The van der Waals surface area contributed by atoms with Crippen molar-refractivity contribution in [3.63, 3.8) is 0 Å². The second-order valence-corrected chi connectivity index (χ2v) is 4.70. The molecular weight excluding hydrogens is 279 g/mol. The van der Waals surface area contributed by atoms with Gasteiger partial charge in [0, 0.05) is 11.3 Å². The van der Waals surface area contributed by atoms with Crippen LogP contribution >= 0.6 is 0 Å². The lowest BCUT2D eigenvalue weighted by molar-refractivity contribution is 0.533. The van der Waals surface area contributed by atoms with E-state index in [9.17, 15) is 13.2 Å². The SMILES string of the molecule is NC1=NCC(c2c(F)cccc2F)N1c1ccc(F)cc1. The van der Waals surface area contributed by atoms with Crippen LogP contribution in [0.15, 0.2) is 47.5 Å². The van der Waals surface area contributed by atoms with E-state index in [0.717, 1.165) is 0 Å². The van der Waals surface area contributed by atoms with E-state index >= 15 is 0 Å². The highest BCUT2D eigenvalue weighted by Gasteiger charge is 2.32. The van der Waals surface area contributed by atoms with Gasteiger partial charge in [0.1, 0.15) is 17.5 Å². The van der Waals surface area contributed by atoms with Gasteiger partial charge in [-0.25, -0.2) is 13.2 Å². The Morgan fingerprint density at radius 2 is 1.62 bits per heavy atom. The Balaban J connectivity index is 2.05. The first-order valence-corrected chi connectivity index (χ1v) is 6.36. The van der Waals surface area contributed by atoms with Crippen LogP contribution in [-0.4, -0.2) is 12.5 Å². The molecule has 2 aromatic rings. The molecule has 3 rings (SSSR count). The van der Waals surface area contributed by atoms with E-state index in [4.69, 9.17) is 5.73 Å². The van der Waals surface area contributed by atoms with Gasteiger partial charge in [-0.1, -0.05) is 6.07 Å². The molecule has 0 fully saturated rings. The third-order valence-electron chi connectivity index (χ3n) is 3.42. The molecule has 1 aliphatic rings. The zero-order chi connectivity index (χ0) is 15.0. The Morgan fingerprint density at radius 1 is 1.00 bits per heavy atom. The average Bonchev–Trinajstić information content (AvgIpc) is 2.82. The van der Waals surface area contributed by atoms with Crippen LogP contribution in [0.3, 0.4) is 0 Å². The van der Waals surface area contributed by atoms with Crippen LogP contribution in [0.4, 0.5) is 18.9 Å². The molecule has 2 N–H and O–H groups in total. The second kappa shape index (κ2) is 5.12. The summed E-state index contributed by atoms with van der Waals surface area (Å²) >= 11 is 0. The molecule has 21 heavy (non-hydrogen) atoms. The summed E-state index contributed by atoms with van der Waals surface area (Å²) in [6.45, 7) is 0.140. The number of hydrogen-bond donors (Lipinski definition) is 1. The highest BCUT2D eigenvalue weighted by molar-refractivity contribution is 5.97. The fourth-order valence-electron chi connectivity index (χ4n) is 2.46. The summed E-state index contributed by atoms with van der Waals surface area (Å²) in [7, 11) is 0. The highest BCUT2D eigenvalue weighted by atomic mass is 19.1. The second-order valence-electron chi connectivity index (χ2n) is 4.70. The predicted molar refractivity (Wildman–Crippen MR) is 74.5 cm³/mol. The third-order valence-corrected chi connectivity index (χ3v) is 3.42. The Labute approximate surface area is 119 Å². The lowest BCUT2D eigenvalue weighted by Crippen LogP contribution is -2.36. The van der Waals surface area contributed by atoms with E-state index in [1.807, 2.05) is 0 Å². The van der Waals surface area contributed by atoms with Crippen LogP contribution in [0.1, 0.15) is 11.6 Å². The Hall–Kier alpha value is -2.50. The fraction of sp³-hybridized carbons (Fsp3) is 0.133. The molecule has 0 saturated carbocycles. The first kappa shape index (κ1) is 13.5. The van der Waals surface area contributed by atoms with Crippen molar-refractivity contribution in [2.75, 3.05) is 11.4 Å². The van der Waals surface area contributed by atoms with Gasteiger partial charge in [0.25, 0.3) is 0 Å². The van der Waals surface area contributed by atoms with Gasteiger partial charge < -0.3 is 10.6 Å². The van der Waals surface area contributed by atoms with Gasteiger partial charge in [0.15, 0.2) is 5.96 Å². The zero-order valence-corrected chi connectivity index (χ0v) is 10.9. The molecule has 0 radical (unpaired) electrons. The van der Waals surface area contributed by atoms with Gasteiger partial charge in [-0.3, -0.25) is 4.99 Å². The molecule has 6 heteroatoms. The number of rotatable bonds is 2. The summed E-state index contributed by atoms with van der Waals surface area (Å²) in [6.07, 6.45) is 0. The highest BCUT2D eigenvalue weighted by Crippen LogP contribution is 2.33. The first-order chi connectivity index (χ1) is 10.1. The van der Waals surface area contributed by atoms with Crippen molar-refractivity contribution in [3.8, 4) is 0 Å². The van der Waals surface area contributed by atoms with Gasteiger partial charge in [-0.15, -0.1) is 0 Å². The smallest absolute Gasteiger partial charge is 0.196 e. The third kappa shape index (κ3) is 2.33. The number of anilines is 1. The van der Waals surface area contributed by atoms with Crippen LogP contribution in [0, 0.1) is 17.5 Å². The average molecular weight is 291 g/mol. The van der Waals surface area contributed by atoms with Crippen molar-refractivity contribution in [2.24, 2.45) is 10.7 Å². The van der Waals surface area contributed by atoms with E-state index in [1.165, 1.54) is 47.4 Å². The molecule has 0 bridgehead atoms. The molecule has 0 spiro atoms. The van der Waals surface area contributed by atoms with Gasteiger partial charge in [0.2, 0.25) is 0 Å². The summed E-state index contributed by atoms with van der Waals surface area (Å²) in [6, 6.07) is 8.51. The number of nitrogens with two attached hydrogens (primary N) is 1. The lowest BCUT2D eigenvalue weighted by Gasteiger charge is -2.27. The first-order valence-electron chi connectivity index (χ1n) is 6.36. The van der Waals surface area contributed by atoms with Crippen molar-refractivity contribution in [2.45, 2.75) is 6.04 Å². The molecular formula is C15H12F3N3. The molecule has 1 atom stereocenters. The van der Waals surface area contributed by atoms with Crippen LogP contribution in [-0.2, 0) is 0 Å². The van der Waals surface area contributed by atoms with Crippen molar-refractivity contribution < 1.29 is 13.2 Å². The van der Waals surface area contributed by atoms with Crippen molar-refractivity contribution in [1.82, 2.24) is 0 Å². The minimum atomic E-state index is -0.684. The maximum atomic E-state index is 14.0. The van der Waals surface area contributed by atoms with E-state index in [2.05, 4.69) is 4.99 Å². The minimum absolute atomic E-state index is 0.0916. The molecule has 3 nitrogen and oxygen atoms in total. The summed E-state index contributed by atoms with van der Waals surface area (Å²) in [5.41, 5.74) is 6.25. The molecule has 0 aliphatic carbocycles. The predicted octanol–water partition coefficient (Wildman–Crippen LogP) is 2.98. The molecule has 2 aromatic carbocycles. The number of nitrogens with zero attached hydrogens (tertiary/aromatic N) is 2. The normalized spacial score (nSPS) is 18.0. The van der Waals surface area contributed by atoms with Gasteiger partial charge in [0.05, 0.1) is 12.6 Å². The largest absolute Gasteiger partial charge is 0.369 e. The van der Waals surface area contributed by atoms with E-state index in [0.29, 0.717) is 5.69 Å². The zero-order valence-electron chi connectivity index (χ0n) is 10.9. The number of halogens is 3. The number of hydrogen-bond acceptors (Lipinski definition) is 3. The number of guanidine groups is 1. The Kier molecular flexibility index (Phi) is 3.29. The van der Waals surface area contributed by atoms with Crippen molar-refractivity contribution in [1.29, 1.82) is 0 Å². The summed E-state index contributed by atoms with van der Waals surface area (Å²) in [5, 5.41) is 0. The topological polar surface area (TPSA) is 41.6 Å². The molecule has 0 saturated heterocycles. The van der Waals surface area contributed by atoms with Crippen LogP contribution in [0.5, 0.6) is 0 Å². The van der Waals surface area contributed by atoms with Gasteiger partial charge >= 0.3 is 0 Å². The minimum Gasteiger partial charge on any atom is -0.369 e. The van der Waals surface area contributed by atoms with E-state index in [1.54, 1.807) is 0 Å². The van der Waals surface area contributed by atoms with Gasteiger partial charge in [-0.05, 0) is 36.4 Å². The van der Waals surface area contributed by atoms with Gasteiger partial charge in [-0.2, -0.15) is 0 Å². The number of aliphatic imine (C=N–C) groups is 1. The summed E-state index contributed by atoms with van der Waals surface area (Å²) in [4.78, 5) is 5.55. The summed E-state index contributed by atoms with van der Waals surface area (Å²) < 4.78 is 40.9. The molecule has 0 amide bonds. The van der Waals surface area contributed by atoms with E-state index in [-0.39, 0.29) is 18.1 Å². The summed E-state index contributed by atoms with van der Waals surface area (Å²) in [5.74, 6) is -1.56. The number of benzene rings is 2. The fourth-order valence-corrected chi connectivity index (χ4v) is 2.46. The molecule has 1 aliphatic heterocycles. The van der Waals surface area contributed by atoms with Crippen LogP contribution in [0.25, 0.3) is 0 Å². The molecule has 0 aromatic heterocycles. The van der Waals surface area contributed by atoms with Crippen LogP contribution < -0.4 is 10.6 Å². The standard InChI is InChI=1S/C15H12F3N3/c16-9-4-6-10(7-5-9)21-13(8-20-15(21)19)14-11(17)2-1-3-12(14)18/h1-7,13H,8H2,(H2,19,20). The quantitative estimate of drug-likeness (QED) is 0.924. The van der Waals surface area contributed by atoms with E-state index < -0.39 is 23.5 Å². The monoisotopic (exact) mass is 291 g/mol. The lowest BCUT2D eigenvalue weighted by atomic mass is 10.0. The molecule has 1 unspecified atom stereocenters. The maximum absolute atomic E-state index is 14.0.